The standard InChI is InChI=1S/C9H9F3O2/c1-6-5-7(14-9(10,11)12)3-4-8(6)13-2/h3-5H,1-2H3. The van der Waals surface area contributed by atoms with E-state index < -0.39 is 6.36 Å². The molecule has 78 valence electrons. The summed E-state index contributed by atoms with van der Waals surface area (Å²) >= 11 is 0. The van der Waals surface area contributed by atoms with Crippen molar-refractivity contribution in [3.05, 3.63) is 23.8 Å². The van der Waals surface area contributed by atoms with E-state index in [1.54, 1.807) is 6.92 Å². The zero-order valence-electron chi connectivity index (χ0n) is 7.68. The lowest BCUT2D eigenvalue weighted by Gasteiger charge is -2.10. The van der Waals surface area contributed by atoms with E-state index in [1.165, 1.54) is 25.3 Å². The lowest BCUT2D eigenvalue weighted by atomic mass is 10.2. The number of hydrogen-bond acceptors (Lipinski definition) is 2. The van der Waals surface area contributed by atoms with Crippen LogP contribution in [-0.4, -0.2) is 13.5 Å². The summed E-state index contributed by atoms with van der Waals surface area (Å²) in [4.78, 5) is 0. The molecule has 0 fully saturated rings. The molecular formula is C9H9F3O2. The van der Waals surface area contributed by atoms with E-state index in [4.69, 9.17) is 4.74 Å². The van der Waals surface area contributed by atoms with Crippen molar-refractivity contribution in [3.63, 3.8) is 0 Å². The lowest BCUT2D eigenvalue weighted by Crippen LogP contribution is -2.17. The van der Waals surface area contributed by atoms with Crippen LogP contribution in [0.4, 0.5) is 13.2 Å². The van der Waals surface area contributed by atoms with Gasteiger partial charge in [0.1, 0.15) is 11.5 Å². The second-order valence-electron chi connectivity index (χ2n) is 2.68. The van der Waals surface area contributed by atoms with Crippen LogP contribution in [0.3, 0.4) is 0 Å². The maximum atomic E-state index is 11.8. The molecule has 0 N–H and O–H groups in total. The number of methoxy groups -OCH3 is 1. The first-order valence-electron chi connectivity index (χ1n) is 3.83. The Labute approximate surface area is 79.2 Å². The molecule has 5 heteroatoms. The first-order valence-corrected chi connectivity index (χ1v) is 3.83. The molecule has 2 nitrogen and oxygen atoms in total. The lowest BCUT2D eigenvalue weighted by molar-refractivity contribution is -0.274. The van der Waals surface area contributed by atoms with Gasteiger partial charge >= 0.3 is 6.36 Å². The fourth-order valence-corrected chi connectivity index (χ4v) is 1.05. The maximum Gasteiger partial charge on any atom is 0.573 e. The Kier molecular flexibility index (Phi) is 2.88. The Balaban J connectivity index is 2.87. The fraction of sp³-hybridized carbons (Fsp3) is 0.333. The average Bonchev–Trinajstić information content (AvgIpc) is 2.01. The van der Waals surface area contributed by atoms with Gasteiger partial charge in [0.05, 0.1) is 7.11 Å². The van der Waals surface area contributed by atoms with Gasteiger partial charge in [-0.15, -0.1) is 13.2 Å². The molecule has 0 heterocycles. The average molecular weight is 206 g/mol. The molecule has 0 atom stereocenters. The zero-order chi connectivity index (χ0) is 10.8. The summed E-state index contributed by atoms with van der Waals surface area (Å²) in [6.07, 6.45) is -4.65. The Morgan fingerprint density at radius 2 is 1.86 bits per heavy atom. The summed E-state index contributed by atoms with van der Waals surface area (Å²) in [5.74, 6) is 0.287. The highest BCUT2D eigenvalue weighted by Crippen LogP contribution is 2.27. The minimum Gasteiger partial charge on any atom is -0.496 e. The van der Waals surface area contributed by atoms with E-state index in [2.05, 4.69) is 4.74 Å². The minimum absolute atomic E-state index is 0.240. The Bertz CT molecular complexity index is 320. The van der Waals surface area contributed by atoms with Gasteiger partial charge in [-0.25, -0.2) is 0 Å². The van der Waals surface area contributed by atoms with Crippen LogP contribution in [0.1, 0.15) is 5.56 Å². The van der Waals surface area contributed by atoms with E-state index >= 15 is 0 Å². The van der Waals surface area contributed by atoms with Crippen LogP contribution in [-0.2, 0) is 0 Å². The van der Waals surface area contributed by atoms with Crippen LogP contribution in [0.5, 0.6) is 11.5 Å². The third-order valence-corrected chi connectivity index (χ3v) is 1.60. The zero-order valence-corrected chi connectivity index (χ0v) is 7.68. The van der Waals surface area contributed by atoms with Crippen molar-refractivity contribution in [2.75, 3.05) is 7.11 Å². The highest BCUT2D eigenvalue weighted by atomic mass is 19.4. The molecule has 0 aliphatic rings. The third kappa shape index (κ3) is 2.83. The van der Waals surface area contributed by atoms with Crippen molar-refractivity contribution in [1.82, 2.24) is 0 Å². The summed E-state index contributed by atoms with van der Waals surface area (Å²) in [5.41, 5.74) is 0.592. The van der Waals surface area contributed by atoms with Crippen LogP contribution >= 0.6 is 0 Å². The van der Waals surface area contributed by atoms with Crippen molar-refractivity contribution >= 4 is 0 Å². The monoisotopic (exact) mass is 206 g/mol. The fourth-order valence-electron chi connectivity index (χ4n) is 1.05. The molecule has 1 aromatic carbocycles. The summed E-state index contributed by atoms with van der Waals surface area (Å²) in [5, 5.41) is 0. The van der Waals surface area contributed by atoms with Gasteiger partial charge < -0.3 is 9.47 Å². The summed E-state index contributed by atoms with van der Waals surface area (Å²) in [7, 11) is 1.45. The molecule has 1 rings (SSSR count). The molecule has 0 aliphatic carbocycles. The smallest absolute Gasteiger partial charge is 0.496 e. The van der Waals surface area contributed by atoms with Crippen LogP contribution in [0.25, 0.3) is 0 Å². The quantitative estimate of drug-likeness (QED) is 0.740. The second kappa shape index (κ2) is 3.77. The van der Waals surface area contributed by atoms with Crippen molar-refractivity contribution in [1.29, 1.82) is 0 Å². The van der Waals surface area contributed by atoms with Gasteiger partial charge in [-0.05, 0) is 30.7 Å². The Morgan fingerprint density at radius 3 is 2.29 bits per heavy atom. The van der Waals surface area contributed by atoms with Gasteiger partial charge in [-0.3, -0.25) is 0 Å². The predicted octanol–water partition coefficient (Wildman–Crippen LogP) is 2.90. The van der Waals surface area contributed by atoms with Crippen molar-refractivity contribution in [3.8, 4) is 11.5 Å². The number of rotatable bonds is 2. The van der Waals surface area contributed by atoms with Gasteiger partial charge in [0.25, 0.3) is 0 Å². The number of hydrogen-bond donors (Lipinski definition) is 0. The first-order chi connectivity index (χ1) is 6.42. The SMILES string of the molecule is COc1ccc(OC(F)(F)F)cc1C. The molecule has 0 bridgehead atoms. The molecule has 0 amide bonds. The molecule has 14 heavy (non-hydrogen) atoms. The molecule has 0 saturated heterocycles. The van der Waals surface area contributed by atoms with Crippen molar-refractivity contribution in [2.45, 2.75) is 13.3 Å². The first kappa shape index (κ1) is 10.7. The number of benzene rings is 1. The number of ether oxygens (including phenoxy) is 2. The molecule has 0 spiro atoms. The third-order valence-electron chi connectivity index (χ3n) is 1.60. The van der Waals surface area contributed by atoms with Crippen molar-refractivity contribution in [2.24, 2.45) is 0 Å². The summed E-state index contributed by atoms with van der Waals surface area (Å²) in [6.45, 7) is 1.64. The van der Waals surface area contributed by atoms with Gasteiger partial charge in [-0.1, -0.05) is 0 Å². The number of aryl methyl sites for hydroxylation is 1. The molecule has 0 aromatic heterocycles. The van der Waals surface area contributed by atoms with Crippen LogP contribution in [0, 0.1) is 6.92 Å². The molecule has 1 aromatic rings. The molecular weight excluding hydrogens is 197 g/mol. The van der Waals surface area contributed by atoms with Gasteiger partial charge in [-0.2, -0.15) is 0 Å². The highest BCUT2D eigenvalue weighted by molar-refractivity contribution is 5.39. The molecule has 0 aliphatic heterocycles. The van der Waals surface area contributed by atoms with Gasteiger partial charge in [0.2, 0.25) is 0 Å². The van der Waals surface area contributed by atoms with E-state index in [0.29, 0.717) is 11.3 Å². The number of alkyl halides is 3. The molecule has 0 unspecified atom stereocenters. The van der Waals surface area contributed by atoms with Crippen molar-refractivity contribution < 1.29 is 22.6 Å². The molecule has 0 radical (unpaired) electrons. The van der Waals surface area contributed by atoms with Gasteiger partial charge in [0, 0.05) is 0 Å². The topological polar surface area (TPSA) is 18.5 Å². The van der Waals surface area contributed by atoms with Crippen LogP contribution in [0.15, 0.2) is 18.2 Å². The van der Waals surface area contributed by atoms with Crippen LogP contribution < -0.4 is 9.47 Å². The van der Waals surface area contributed by atoms with E-state index in [-0.39, 0.29) is 5.75 Å². The highest BCUT2D eigenvalue weighted by Gasteiger charge is 2.31. The predicted molar refractivity (Wildman–Crippen MR) is 44.4 cm³/mol. The van der Waals surface area contributed by atoms with E-state index in [9.17, 15) is 13.2 Å². The Hall–Kier alpha value is -1.39. The summed E-state index contributed by atoms with van der Waals surface area (Å²) < 4.78 is 44.0. The van der Waals surface area contributed by atoms with Gasteiger partial charge in [0.15, 0.2) is 0 Å². The van der Waals surface area contributed by atoms with Crippen LogP contribution in [0.2, 0.25) is 0 Å². The maximum absolute atomic E-state index is 11.8. The summed E-state index contributed by atoms with van der Waals surface area (Å²) in [6, 6.07) is 3.90. The second-order valence-corrected chi connectivity index (χ2v) is 2.68. The largest absolute Gasteiger partial charge is 0.573 e. The molecule has 0 saturated carbocycles. The Morgan fingerprint density at radius 1 is 1.21 bits per heavy atom. The minimum atomic E-state index is -4.65. The van der Waals surface area contributed by atoms with E-state index in [0.717, 1.165) is 0 Å². The van der Waals surface area contributed by atoms with E-state index in [1.807, 2.05) is 0 Å². The number of halogens is 3. The normalized spacial score (nSPS) is 11.2.